The maximum atomic E-state index is 13.1. The van der Waals surface area contributed by atoms with Crippen LogP contribution in [0.3, 0.4) is 0 Å². The molecule has 0 saturated carbocycles. The van der Waals surface area contributed by atoms with Crippen molar-refractivity contribution in [1.82, 2.24) is 15.0 Å². The van der Waals surface area contributed by atoms with Crippen LogP contribution in [0.25, 0.3) is 11.3 Å². The zero-order chi connectivity index (χ0) is 27.5. The number of anilines is 1. The van der Waals surface area contributed by atoms with Crippen molar-refractivity contribution in [3.63, 3.8) is 0 Å². The standard InChI is InChI=1S/C25H31N5O6S2/c1-17-22(19-11-13-20(35-2)14-12-19)29-24(37-17)30-23(31)21(10-6-7-15-27-38(26,33)34)28-25(32)36-16-18-8-4-3-5-9-18/h3-5,8-9,11-14,21,27H,6-7,10,15-16H2,1-2H3,(H,28,32)(H2,26,33,34)(H,29,30,31)/t21-/m0/s1. The van der Waals surface area contributed by atoms with Gasteiger partial charge in [0.25, 0.3) is 10.2 Å². The van der Waals surface area contributed by atoms with E-state index in [9.17, 15) is 18.0 Å². The summed E-state index contributed by atoms with van der Waals surface area (Å²) >= 11 is 1.32. The normalized spacial score (nSPS) is 12.0. The molecule has 1 atom stereocenters. The average molecular weight is 562 g/mol. The van der Waals surface area contributed by atoms with Crippen molar-refractivity contribution in [1.29, 1.82) is 0 Å². The van der Waals surface area contributed by atoms with Gasteiger partial charge in [0.1, 0.15) is 18.4 Å². The topological polar surface area (TPSA) is 162 Å². The molecule has 0 aliphatic carbocycles. The van der Waals surface area contributed by atoms with Gasteiger partial charge in [-0.25, -0.2) is 19.6 Å². The van der Waals surface area contributed by atoms with Gasteiger partial charge in [-0.15, -0.1) is 11.3 Å². The van der Waals surface area contributed by atoms with Gasteiger partial charge in [0.2, 0.25) is 5.91 Å². The highest BCUT2D eigenvalue weighted by Gasteiger charge is 2.23. The number of ether oxygens (including phenoxy) is 2. The van der Waals surface area contributed by atoms with Crippen LogP contribution >= 0.6 is 11.3 Å². The van der Waals surface area contributed by atoms with Gasteiger partial charge in [0.15, 0.2) is 5.13 Å². The Balaban J connectivity index is 1.64. The number of aryl methyl sites for hydroxylation is 1. The summed E-state index contributed by atoms with van der Waals surface area (Å²) in [6.45, 7) is 2.07. The zero-order valence-electron chi connectivity index (χ0n) is 21.1. The minimum atomic E-state index is -3.80. The number of rotatable bonds is 13. The molecule has 0 saturated heterocycles. The van der Waals surface area contributed by atoms with Crippen molar-refractivity contribution in [2.24, 2.45) is 5.14 Å². The number of nitrogens with zero attached hydrogens (tertiary/aromatic N) is 1. The van der Waals surface area contributed by atoms with E-state index in [1.165, 1.54) is 11.3 Å². The van der Waals surface area contributed by atoms with Gasteiger partial charge in [0, 0.05) is 17.0 Å². The molecule has 0 spiro atoms. The van der Waals surface area contributed by atoms with Crippen molar-refractivity contribution >= 4 is 38.7 Å². The molecule has 0 unspecified atom stereocenters. The number of benzene rings is 2. The number of nitrogens with one attached hydrogen (secondary N) is 3. The highest BCUT2D eigenvalue weighted by Crippen LogP contribution is 2.31. The molecule has 2 amide bonds. The Morgan fingerprint density at radius 3 is 2.45 bits per heavy atom. The lowest BCUT2D eigenvalue weighted by molar-refractivity contribution is -0.118. The Hall–Kier alpha value is -3.52. The highest BCUT2D eigenvalue weighted by atomic mass is 32.2. The third kappa shape index (κ3) is 9.41. The Bertz CT molecular complexity index is 1310. The second kappa shape index (κ2) is 13.9. The molecule has 13 heteroatoms. The molecule has 1 aromatic heterocycles. The number of hydrogen-bond acceptors (Lipinski definition) is 8. The van der Waals surface area contributed by atoms with Crippen LogP contribution in [0, 0.1) is 6.92 Å². The summed E-state index contributed by atoms with van der Waals surface area (Å²) < 4.78 is 34.8. The Morgan fingerprint density at radius 1 is 1.08 bits per heavy atom. The first-order chi connectivity index (χ1) is 18.1. The summed E-state index contributed by atoms with van der Waals surface area (Å²) in [6, 6.07) is 15.7. The fraction of sp³-hybridized carbons (Fsp3) is 0.320. The van der Waals surface area contributed by atoms with Gasteiger partial charge in [-0.1, -0.05) is 30.3 Å². The maximum Gasteiger partial charge on any atom is 0.408 e. The summed E-state index contributed by atoms with van der Waals surface area (Å²) in [5.41, 5.74) is 2.41. The fourth-order valence-corrected chi connectivity index (χ4v) is 4.79. The van der Waals surface area contributed by atoms with Gasteiger partial charge in [0.05, 0.1) is 12.8 Å². The molecule has 1 heterocycles. The van der Waals surface area contributed by atoms with E-state index in [0.717, 1.165) is 27.4 Å². The summed E-state index contributed by atoms with van der Waals surface area (Å²) in [5, 5.41) is 10.7. The Labute approximate surface area is 225 Å². The Kier molecular flexibility index (Phi) is 10.6. The van der Waals surface area contributed by atoms with Crippen LogP contribution in [-0.4, -0.2) is 45.1 Å². The lowest BCUT2D eigenvalue weighted by Crippen LogP contribution is -2.44. The molecule has 204 valence electrons. The number of hydrogen-bond donors (Lipinski definition) is 4. The first kappa shape index (κ1) is 29.0. The number of carbonyl (C=O) groups excluding carboxylic acids is 2. The predicted octanol–water partition coefficient (Wildman–Crippen LogP) is 3.32. The highest BCUT2D eigenvalue weighted by molar-refractivity contribution is 7.87. The Morgan fingerprint density at radius 2 is 1.79 bits per heavy atom. The largest absolute Gasteiger partial charge is 0.497 e. The molecular formula is C25H31N5O6S2. The fourth-order valence-electron chi connectivity index (χ4n) is 3.52. The molecule has 38 heavy (non-hydrogen) atoms. The molecular weight excluding hydrogens is 530 g/mol. The molecule has 0 radical (unpaired) electrons. The summed E-state index contributed by atoms with van der Waals surface area (Å²) in [6.07, 6.45) is 0.353. The lowest BCUT2D eigenvalue weighted by atomic mass is 10.1. The van der Waals surface area contributed by atoms with Crippen LogP contribution in [0.1, 0.15) is 29.7 Å². The predicted molar refractivity (Wildman–Crippen MR) is 146 cm³/mol. The molecule has 3 aromatic rings. The van der Waals surface area contributed by atoms with Crippen LogP contribution in [0.4, 0.5) is 9.93 Å². The van der Waals surface area contributed by atoms with Crippen LogP contribution in [0.5, 0.6) is 5.75 Å². The van der Waals surface area contributed by atoms with Crippen LogP contribution in [-0.2, 0) is 26.3 Å². The SMILES string of the molecule is COc1ccc(-c2nc(NC(=O)[C@H](CCCCNS(N)(=O)=O)NC(=O)OCc3ccccc3)sc2C)cc1. The van der Waals surface area contributed by atoms with E-state index < -0.39 is 28.3 Å². The quantitative estimate of drug-likeness (QED) is 0.233. The number of thiazole rings is 1. The van der Waals surface area contributed by atoms with E-state index in [0.29, 0.717) is 18.0 Å². The van der Waals surface area contributed by atoms with Crippen molar-refractivity contribution in [2.75, 3.05) is 19.0 Å². The number of nitrogens with two attached hydrogens (primary N) is 1. The molecule has 5 N–H and O–H groups in total. The van der Waals surface area contributed by atoms with E-state index in [1.807, 2.05) is 61.5 Å². The van der Waals surface area contributed by atoms with E-state index in [2.05, 4.69) is 20.3 Å². The number of unbranched alkanes of at least 4 members (excludes halogenated alkanes) is 1. The number of aromatic nitrogens is 1. The smallest absolute Gasteiger partial charge is 0.408 e. The van der Waals surface area contributed by atoms with Crippen LogP contribution in [0.2, 0.25) is 0 Å². The third-order valence-corrected chi connectivity index (χ3v) is 6.93. The van der Waals surface area contributed by atoms with Crippen molar-refractivity contribution in [2.45, 2.75) is 38.8 Å². The van der Waals surface area contributed by atoms with Gasteiger partial charge in [-0.3, -0.25) is 4.79 Å². The summed E-state index contributed by atoms with van der Waals surface area (Å²) in [4.78, 5) is 31.0. The molecule has 0 fully saturated rings. The van der Waals surface area contributed by atoms with Gasteiger partial charge in [-0.05, 0) is 56.0 Å². The minimum Gasteiger partial charge on any atom is -0.497 e. The average Bonchev–Trinajstić information content (AvgIpc) is 3.26. The zero-order valence-corrected chi connectivity index (χ0v) is 22.7. The second-order valence-electron chi connectivity index (χ2n) is 8.34. The molecule has 0 aliphatic heterocycles. The lowest BCUT2D eigenvalue weighted by Gasteiger charge is -2.17. The molecule has 3 rings (SSSR count). The van der Waals surface area contributed by atoms with E-state index in [-0.39, 0.29) is 19.6 Å². The van der Waals surface area contributed by atoms with Crippen LogP contribution in [0.15, 0.2) is 54.6 Å². The maximum absolute atomic E-state index is 13.1. The monoisotopic (exact) mass is 561 g/mol. The summed E-state index contributed by atoms with van der Waals surface area (Å²) in [7, 11) is -2.20. The van der Waals surface area contributed by atoms with E-state index >= 15 is 0 Å². The van der Waals surface area contributed by atoms with Gasteiger partial charge in [-0.2, -0.15) is 8.42 Å². The van der Waals surface area contributed by atoms with E-state index in [1.54, 1.807) is 7.11 Å². The molecule has 2 aromatic carbocycles. The number of alkyl carbamates (subject to hydrolysis) is 1. The first-order valence-corrected chi connectivity index (χ1v) is 14.2. The summed E-state index contributed by atoms with van der Waals surface area (Å²) in [5.74, 6) is 0.263. The minimum absolute atomic E-state index is 0.0518. The van der Waals surface area contributed by atoms with Crippen molar-refractivity contribution < 1.29 is 27.5 Å². The number of amides is 2. The molecule has 0 aliphatic rings. The first-order valence-electron chi connectivity index (χ1n) is 11.8. The third-order valence-electron chi connectivity index (χ3n) is 5.43. The van der Waals surface area contributed by atoms with Crippen LogP contribution < -0.4 is 25.2 Å². The second-order valence-corrected chi connectivity index (χ2v) is 10.9. The molecule has 11 nitrogen and oxygen atoms in total. The van der Waals surface area contributed by atoms with Crippen molar-refractivity contribution in [3.8, 4) is 17.0 Å². The van der Waals surface area contributed by atoms with E-state index in [4.69, 9.17) is 14.6 Å². The van der Waals surface area contributed by atoms with Gasteiger partial charge >= 0.3 is 6.09 Å². The van der Waals surface area contributed by atoms with Gasteiger partial charge < -0.3 is 20.1 Å². The van der Waals surface area contributed by atoms with Crippen molar-refractivity contribution in [3.05, 3.63) is 65.0 Å². The number of carbonyl (C=O) groups is 2. The molecule has 0 bridgehead atoms. The number of methoxy groups -OCH3 is 1.